The van der Waals surface area contributed by atoms with Crippen molar-refractivity contribution in [1.82, 2.24) is 9.97 Å². The van der Waals surface area contributed by atoms with Gasteiger partial charge in [0.15, 0.2) is 0 Å². The summed E-state index contributed by atoms with van der Waals surface area (Å²) in [5.74, 6) is -0.626. The minimum atomic E-state index is -0.513. The third-order valence-electron chi connectivity index (χ3n) is 4.12. The first-order chi connectivity index (χ1) is 12.8. The van der Waals surface area contributed by atoms with Crippen molar-refractivity contribution in [3.63, 3.8) is 0 Å². The van der Waals surface area contributed by atoms with Crippen LogP contribution >= 0.6 is 11.6 Å². The number of hydrogen-bond donors (Lipinski definition) is 2. The van der Waals surface area contributed by atoms with Crippen LogP contribution in [0.4, 0.5) is 21.7 Å². The molecule has 0 atom stereocenters. The predicted molar refractivity (Wildman–Crippen MR) is 105 cm³/mol. The molecule has 2 aromatic carbocycles. The van der Waals surface area contributed by atoms with Crippen LogP contribution in [0.3, 0.4) is 0 Å². The van der Waals surface area contributed by atoms with Gasteiger partial charge in [0.05, 0.1) is 5.02 Å². The van der Waals surface area contributed by atoms with Crippen LogP contribution in [0.5, 0.6) is 0 Å². The lowest BCUT2D eigenvalue weighted by molar-refractivity contribution is 0.102. The summed E-state index contributed by atoms with van der Waals surface area (Å²) in [5, 5.41) is 5.80. The average molecular weight is 385 g/mol. The number of aryl methyl sites for hydroxylation is 2. The molecule has 0 aliphatic carbocycles. The zero-order chi connectivity index (χ0) is 19.6. The quantitative estimate of drug-likeness (QED) is 0.649. The van der Waals surface area contributed by atoms with Gasteiger partial charge in [0.2, 0.25) is 5.95 Å². The highest BCUT2D eigenvalue weighted by molar-refractivity contribution is 6.31. The van der Waals surface area contributed by atoms with Gasteiger partial charge in [-0.1, -0.05) is 23.7 Å². The molecule has 2 N–H and O–H groups in total. The molecule has 0 saturated heterocycles. The fourth-order valence-electron chi connectivity index (χ4n) is 2.52. The Kier molecular flexibility index (Phi) is 5.37. The van der Waals surface area contributed by atoms with Gasteiger partial charge in [-0.3, -0.25) is 4.79 Å². The predicted octanol–water partition coefficient (Wildman–Crippen LogP) is 5.19. The number of carbonyl (C=O) groups is 1. The molecule has 1 aromatic heterocycles. The van der Waals surface area contributed by atoms with E-state index in [9.17, 15) is 9.18 Å². The SMILES string of the molecule is Cc1cc(C(=O)Nc2cccc(C)c2C)nc(Nc2ccc(F)c(Cl)c2)n1. The van der Waals surface area contributed by atoms with Crippen LogP contribution in [-0.2, 0) is 0 Å². The molecule has 0 saturated carbocycles. The van der Waals surface area contributed by atoms with Crippen molar-refractivity contribution >= 4 is 34.8 Å². The molecule has 7 heteroatoms. The van der Waals surface area contributed by atoms with E-state index in [4.69, 9.17) is 11.6 Å². The summed E-state index contributed by atoms with van der Waals surface area (Å²) >= 11 is 5.79. The van der Waals surface area contributed by atoms with Crippen molar-refractivity contribution in [2.24, 2.45) is 0 Å². The van der Waals surface area contributed by atoms with Gasteiger partial charge in [-0.25, -0.2) is 14.4 Å². The smallest absolute Gasteiger partial charge is 0.274 e. The second kappa shape index (κ2) is 7.72. The van der Waals surface area contributed by atoms with Gasteiger partial charge in [-0.05, 0) is 62.2 Å². The maximum absolute atomic E-state index is 13.3. The lowest BCUT2D eigenvalue weighted by Gasteiger charge is -2.11. The first-order valence-corrected chi connectivity index (χ1v) is 8.66. The number of halogens is 2. The standard InChI is InChI=1S/C20H18ClFN4O/c1-11-5-4-6-17(13(11)3)25-19(27)18-9-12(2)23-20(26-18)24-14-7-8-16(22)15(21)10-14/h4-10H,1-3H3,(H,25,27)(H,23,24,26). The molecule has 0 aliphatic heterocycles. The first kappa shape index (κ1) is 18.8. The third-order valence-corrected chi connectivity index (χ3v) is 4.41. The topological polar surface area (TPSA) is 66.9 Å². The number of anilines is 3. The highest BCUT2D eigenvalue weighted by Gasteiger charge is 2.13. The molecule has 1 heterocycles. The molecule has 0 unspecified atom stereocenters. The van der Waals surface area contributed by atoms with Gasteiger partial charge < -0.3 is 10.6 Å². The van der Waals surface area contributed by atoms with Crippen molar-refractivity contribution in [2.45, 2.75) is 20.8 Å². The Bertz CT molecular complexity index is 1020. The number of benzene rings is 2. The summed E-state index contributed by atoms with van der Waals surface area (Å²) in [6, 6.07) is 11.5. The number of carbonyl (C=O) groups excluding carboxylic acids is 1. The molecule has 5 nitrogen and oxygen atoms in total. The van der Waals surface area contributed by atoms with E-state index in [0.717, 1.165) is 16.8 Å². The summed E-state index contributed by atoms with van der Waals surface area (Å²) < 4.78 is 13.3. The molecular formula is C20H18ClFN4O. The average Bonchev–Trinajstić information content (AvgIpc) is 2.61. The van der Waals surface area contributed by atoms with Crippen LogP contribution in [0.1, 0.15) is 27.3 Å². The largest absolute Gasteiger partial charge is 0.324 e. The van der Waals surface area contributed by atoms with E-state index >= 15 is 0 Å². The Morgan fingerprint density at radius 1 is 1.07 bits per heavy atom. The number of amides is 1. The molecule has 0 aliphatic rings. The molecule has 27 heavy (non-hydrogen) atoms. The Morgan fingerprint density at radius 3 is 2.59 bits per heavy atom. The van der Waals surface area contributed by atoms with Crippen molar-refractivity contribution in [2.75, 3.05) is 10.6 Å². The highest BCUT2D eigenvalue weighted by Crippen LogP contribution is 2.22. The molecular weight excluding hydrogens is 367 g/mol. The van der Waals surface area contributed by atoms with Gasteiger partial charge in [-0.15, -0.1) is 0 Å². The van der Waals surface area contributed by atoms with Crippen LogP contribution in [0.25, 0.3) is 0 Å². The molecule has 138 valence electrons. The van der Waals surface area contributed by atoms with Crippen molar-refractivity contribution in [1.29, 1.82) is 0 Å². The maximum Gasteiger partial charge on any atom is 0.274 e. The number of hydrogen-bond acceptors (Lipinski definition) is 4. The van der Waals surface area contributed by atoms with Crippen molar-refractivity contribution in [3.8, 4) is 0 Å². The second-order valence-electron chi connectivity index (χ2n) is 6.17. The molecule has 0 bridgehead atoms. The Labute approximate surface area is 161 Å². The molecule has 3 rings (SSSR count). The number of aromatic nitrogens is 2. The second-order valence-corrected chi connectivity index (χ2v) is 6.58. The Morgan fingerprint density at radius 2 is 1.85 bits per heavy atom. The van der Waals surface area contributed by atoms with Crippen LogP contribution in [0.2, 0.25) is 5.02 Å². The maximum atomic E-state index is 13.3. The zero-order valence-electron chi connectivity index (χ0n) is 15.1. The van der Waals surface area contributed by atoms with Crippen molar-refractivity contribution < 1.29 is 9.18 Å². The monoisotopic (exact) mass is 384 g/mol. The van der Waals surface area contributed by atoms with E-state index in [1.807, 2.05) is 32.0 Å². The summed E-state index contributed by atoms with van der Waals surface area (Å²) in [5.41, 5.74) is 4.17. The van der Waals surface area contributed by atoms with Gasteiger partial charge in [0.1, 0.15) is 11.5 Å². The minimum absolute atomic E-state index is 0.0134. The van der Waals surface area contributed by atoms with Crippen LogP contribution in [0.15, 0.2) is 42.5 Å². The van der Waals surface area contributed by atoms with Crippen LogP contribution in [0, 0.1) is 26.6 Å². The van der Waals surface area contributed by atoms with E-state index in [-0.39, 0.29) is 22.6 Å². The zero-order valence-corrected chi connectivity index (χ0v) is 15.9. The van der Waals surface area contributed by atoms with Gasteiger partial charge in [0.25, 0.3) is 5.91 Å². The van der Waals surface area contributed by atoms with E-state index in [2.05, 4.69) is 20.6 Å². The van der Waals surface area contributed by atoms with E-state index < -0.39 is 5.82 Å². The third kappa shape index (κ3) is 4.41. The highest BCUT2D eigenvalue weighted by atomic mass is 35.5. The Balaban J connectivity index is 1.85. The van der Waals surface area contributed by atoms with E-state index in [1.165, 1.54) is 18.2 Å². The molecule has 1 amide bonds. The normalized spacial score (nSPS) is 10.6. The van der Waals surface area contributed by atoms with Gasteiger partial charge >= 0.3 is 0 Å². The summed E-state index contributed by atoms with van der Waals surface area (Å²) in [4.78, 5) is 21.2. The van der Waals surface area contributed by atoms with Crippen LogP contribution in [-0.4, -0.2) is 15.9 Å². The summed E-state index contributed by atoms with van der Waals surface area (Å²) in [6.07, 6.45) is 0. The van der Waals surface area contributed by atoms with E-state index in [1.54, 1.807) is 13.0 Å². The van der Waals surface area contributed by atoms with Gasteiger partial charge in [0, 0.05) is 17.1 Å². The summed E-state index contributed by atoms with van der Waals surface area (Å²) in [7, 11) is 0. The van der Waals surface area contributed by atoms with Crippen LogP contribution < -0.4 is 10.6 Å². The fraction of sp³-hybridized carbons (Fsp3) is 0.150. The lowest BCUT2D eigenvalue weighted by atomic mass is 10.1. The number of nitrogens with one attached hydrogen (secondary N) is 2. The Hall–Kier alpha value is -2.99. The lowest BCUT2D eigenvalue weighted by Crippen LogP contribution is -2.16. The van der Waals surface area contributed by atoms with E-state index in [0.29, 0.717) is 11.4 Å². The molecule has 0 spiro atoms. The molecule has 3 aromatic rings. The van der Waals surface area contributed by atoms with Crippen molar-refractivity contribution in [3.05, 3.63) is 75.8 Å². The van der Waals surface area contributed by atoms with Gasteiger partial charge in [-0.2, -0.15) is 0 Å². The minimum Gasteiger partial charge on any atom is -0.324 e. The summed E-state index contributed by atoms with van der Waals surface area (Å²) in [6.45, 7) is 5.69. The number of rotatable bonds is 4. The number of nitrogens with zero attached hydrogens (tertiary/aromatic N) is 2. The molecule has 0 fully saturated rings. The fourth-order valence-corrected chi connectivity index (χ4v) is 2.70. The first-order valence-electron chi connectivity index (χ1n) is 8.29. The molecule has 0 radical (unpaired) electrons.